The lowest BCUT2D eigenvalue weighted by atomic mass is 9.99. The zero-order chi connectivity index (χ0) is 15.8. The summed E-state index contributed by atoms with van der Waals surface area (Å²) in [6.45, 7) is 1.28. The molecule has 0 spiro atoms. The summed E-state index contributed by atoms with van der Waals surface area (Å²) < 4.78 is 5.54. The number of benzene rings is 2. The first kappa shape index (κ1) is 14.2. The van der Waals surface area contributed by atoms with Gasteiger partial charge in [-0.3, -0.25) is 9.59 Å². The van der Waals surface area contributed by atoms with Crippen molar-refractivity contribution < 1.29 is 14.3 Å². The third-order valence-electron chi connectivity index (χ3n) is 4.51. The van der Waals surface area contributed by atoms with Crippen molar-refractivity contribution in [1.29, 1.82) is 0 Å². The lowest BCUT2D eigenvalue weighted by molar-refractivity contribution is 0.0858. The summed E-state index contributed by atoms with van der Waals surface area (Å²) in [6, 6.07) is 12.8. The summed E-state index contributed by atoms with van der Waals surface area (Å²) in [6.07, 6.45) is 2.13. The van der Waals surface area contributed by atoms with Crippen LogP contribution in [0.1, 0.15) is 39.1 Å². The van der Waals surface area contributed by atoms with Gasteiger partial charge in [0.15, 0.2) is 5.78 Å². The number of carbonyl (C=O) groups is 2. The highest BCUT2D eigenvalue weighted by Crippen LogP contribution is 2.38. The Hall–Kier alpha value is -2.46. The van der Waals surface area contributed by atoms with Crippen LogP contribution in [-0.2, 0) is 4.74 Å². The highest BCUT2D eigenvalue weighted by atomic mass is 16.5. The molecule has 1 amide bonds. The topological polar surface area (TPSA) is 55.4 Å². The second-order valence-corrected chi connectivity index (χ2v) is 5.95. The summed E-state index contributed by atoms with van der Waals surface area (Å²) in [5, 5.41) is 2.94. The van der Waals surface area contributed by atoms with Crippen LogP contribution in [0.4, 0.5) is 0 Å². The van der Waals surface area contributed by atoms with E-state index >= 15 is 0 Å². The number of ketones is 1. The van der Waals surface area contributed by atoms with Gasteiger partial charge in [-0.2, -0.15) is 0 Å². The molecule has 4 rings (SSSR count). The van der Waals surface area contributed by atoms with Gasteiger partial charge in [0.05, 0.1) is 6.10 Å². The minimum Gasteiger partial charge on any atom is -0.376 e. The van der Waals surface area contributed by atoms with Crippen LogP contribution in [-0.4, -0.2) is 30.9 Å². The molecule has 116 valence electrons. The Morgan fingerprint density at radius 1 is 1.09 bits per heavy atom. The van der Waals surface area contributed by atoms with Gasteiger partial charge in [0.2, 0.25) is 0 Å². The molecule has 0 aromatic heterocycles. The van der Waals surface area contributed by atoms with E-state index in [0.717, 1.165) is 30.6 Å². The Balaban J connectivity index is 1.66. The molecular formula is C19H17NO3. The minimum atomic E-state index is -0.151. The SMILES string of the molecule is O=C(NC[C@H]1CCCO1)c1cccc2c1-c1ccccc1C2=O. The lowest BCUT2D eigenvalue weighted by Gasteiger charge is -2.13. The van der Waals surface area contributed by atoms with Gasteiger partial charge in [-0.1, -0.05) is 36.4 Å². The van der Waals surface area contributed by atoms with Crippen LogP contribution in [0.2, 0.25) is 0 Å². The maximum Gasteiger partial charge on any atom is 0.252 e. The fourth-order valence-corrected chi connectivity index (χ4v) is 3.37. The van der Waals surface area contributed by atoms with E-state index in [2.05, 4.69) is 5.32 Å². The molecule has 1 N–H and O–H groups in total. The summed E-state index contributed by atoms with van der Waals surface area (Å²) in [4.78, 5) is 25.1. The Morgan fingerprint density at radius 2 is 1.87 bits per heavy atom. The third kappa shape index (κ3) is 2.35. The van der Waals surface area contributed by atoms with Crippen molar-refractivity contribution in [3.8, 4) is 11.1 Å². The maximum atomic E-state index is 12.6. The van der Waals surface area contributed by atoms with E-state index in [0.29, 0.717) is 23.2 Å². The summed E-state index contributed by atoms with van der Waals surface area (Å²) in [7, 11) is 0. The molecule has 1 saturated heterocycles. The van der Waals surface area contributed by atoms with Crippen LogP contribution in [0.25, 0.3) is 11.1 Å². The molecule has 4 heteroatoms. The monoisotopic (exact) mass is 307 g/mol. The standard InChI is InChI=1S/C19H17NO3/c21-18-14-7-2-1-6-13(14)17-15(18)8-3-9-16(17)19(22)20-11-12-5-4-10-23-12/h1-3,6-9,12H,4-5,10-11H2,(H,20,22)/t12-/m1/s1. The summed E-state index contributed by atoms with van der Waals surface area (Å²) in [5.41, 5.74) is 3.42. The van der Waals surface area contributed by atoms with E-state index in [-0.39, 0.29) is 17.8 Å². The lowest BCUT2D eigenvalue weighted by Crippen LogP contribution is -2.32. The van der Waals surface area contributed by atoms with Crippen LogP contribution >= 0.6 is 0 Å². The number of hydrogen-bond acceptors (Lipinski definition) is 3. The molecule has 4 nitrogen and oxygen atoms in total. The number of nitrogens with one attached hydrogen (secondary N) is 1. The van der Waals surface area contributed by atoms with Gasteiger partial charge in [0, 0.05) is 35.4 Å². The van der Waals surface area contributed by atoms with Crippen LogP contribution in [0.15, 0.2) is 42.5 Å². The van der Waals surface area contributed by atoms with E-state index in [1.165, 1.54) is 0 Å². The van der Waals surface area contributed by atoms with Gasteiger partial charge >= 0.3 is 0 Å². The molecule has 1 heterocycles. The molecule has 0 radical (unpaired) electrons. The Bertz CT molecular complexity index is 791. The minimum absolute atomic E-state index is 0.00984. The molecule has 1 aliphatic heterocycles. The first-order valence-electron chi connectivity index (χ1n) is 7.92. The number of hydrogen-bond donors (Lipinski definition) is 1. The normalized spacial score (nSPS) is 18.6. The highest BCUT2D eigenvalue weighted by Gasteiger charge is 2.30. The van der Waals surface area contributed by atoms with Crippen molar-refractivity contribution in [3.63, 3.8) is 0 Å². The second kappa shape index (κ2) is 5.63. The van der Waals surface area contributed by atoms with Gasteiger partial charge < -0.3 is 10.1 Å². The van der Waals surface area contributed by atoms with Crippen LogP contribution in [0, 0.1) is 0 Å². The third-order valence-corrected chi connectivity index (χ3v) is 4.51. The van der Waals surface area contributed by atoms with Crippen LogP contribution in [0.3, 0.4) is 0 Å². The molecule has 1 aliphatic carbocycles. The zero-order valence-corrected chi connectivity index (χ0v) is 12.7. The van der Waals surface area contributed by atoms with Crippen molar-refractivity contribution in [3.05, 3.63) is 59.2 Å². The summed E-state index contributed by atoms with van der Waals surface area (Å²) in [5.74, 6) is -0.161. The number of ether oxygens (including phenoxy) is 1. The Labute approximate surface area is 134 Å². The van der Waals surface area contributed by atoms with Crippen molar-refractivity contribution in [1.82, 2.24) is 5.32 Å². The largest absolute Gasteiger partial charge is 0.376 e. The predicted molar refractivity (Wildman–Crippen MR) is 86.6 cm³/mol. The molecule has 2 aromatic carbocycles. The van der Waals surface area contributed by atoms with E-state index in [4.69, 9.17) is 4.74 Å². The highest BCUT2D eigenvalue weighted by molar-refractivity contribution is 6.24. The molecule has 0 bridgehead atoms. The quantitative estimate of drug-likeness (QED) is 0.809. The fourth-order valence-electron chi connectivity index (χ4n) is 3.37. The molecule has 2 aliphatic rings. The molecule has 1 atom stereocenters. The smallest absolute Gasteiger partial charge is 0.252 e. The van der Waals surface area contributed by atoms with Crippen LogP contribution in [0.5, 0.6) is 0 Å². The van der Waals surface area contributed by atoms with Gasteiger partial charge in [0.25, 0.3) is 5.91 Å². The van der Waals surface area contributed by atoms with Crippen LogP contribution < -0.4 is 5.32 Å². The molecule has 2 aromatic rings. The number of fused-ring (bicyclic) bond motifs is 3. The van der Waals surface area contributed by atoms with Crippen molar-refractivity contribution >= 4 is 11.7 Å². The van der Waals surface area contributed by atoms with E-state index in [1.807, 2.05) is 24.3 Å². The van der Waals surface area contributed by atoms with Gasteiger partial charge in [-0.05, 0) is 24.5 Å². The molecule has 1 fully saturated rings. The van der Waals surface area contributed by atoms with E-state index < -0.39 is 0 Å². The molecular weight excluding hydrogens is 290 g/mol. The molecule has 23 heavy (non-hydrogen) atoms. The Kier molecular flexibility index (Phi) is 3.46. The molecule has 0 saturated carbocycles. The van der Waals surface area contributed by atoms with Gasteiger partial charge in [-0.15, -0.1) is 0 Å². The first-order chi connectivity index (χ1) is 11.3. The van der Waals surface area contributed by atoms with Crippen molar-refractivity contribution in [2.75, 3.05) is 13.2 Å². The van der Waals surface area contributed by atoms with Gasteiger partial charge in [0.1, 0.15) is 0 Å². The Morgan fingerprint density at radius 3 is 2.65 bits per heavy atom. The van der Waals surface area contributed by atoms with E-state index in [9.17, 15) is 9.59 Å². The number of carbonyl (C=O) groups excluding carboxylic acids is 2. The van der Waals surface area contributed by atoms with Gasteiger partial charge in [-0.25, -0.2) is 0 Å². The maximum absolute atomic E-state index is 12.6. The second-order valence-electron chi connectivity index (χ2n) is 5.95. The summed E-state index contributed by atoms with van der Waals surface area (Å²) >= 11 is 0. The van der Waals surface area contributed by atoms with E-state index in [1.54, 1.807) is 18.2 Å². The molecule has 0 unspecified atom stereocenters. The number of amides is 1. The fraction of sp³-hybridized carbons (Fsp3) is 0.263. The predicted octanol–water partition coefficient (Wildman–Crippen LogP) is 2.81. The van der Waals surface area contributed by atoms with Crippen molar-refractivity contribution in [2.45, 2.75) is 18.9 Å². The zero-order valence-electron chi connectivity index (χ0n) is 12.7. The van der Waals surface area contributed by atoms with Crippen molar-refractivity contribution in [2.24, 2.45) is 0 Å². The first-order valence-corrected chi connectivity index (χ1v) is 7.92. The number of rotatable bonds is 3. The average Bonchev–Trinajstić information content (AvgIpc) is 3.20. The average molecular weight is 307 g/mol.